The number of piperidine rings is 1. The molecular weight excluding hydrogens is 558 g/mol. The Kier molecular flexibility index (Phi) is 7.09. The molecule has 2 atom stereocenters. The van der Waals surface area contributed by atoms with E-state index in [-0.39, 0.29) is 29.7 Å². The molecule has 7 rings (SSSR count). The Morgan fingerprint density at radius 3 is 2.70 bits per heavy atom. The average Bonchev–Trinajstić information content (AvgIpc) is 3.71. The summed E-state index contributed by atoms with van der Waals surface area (Å²) >= 11 is 0. The first-order valence-electron chi connectivity index (χ1n) is 15.3. The number of hydrogen-bond acceptors (Lipinski definition) is 8. The van der Waals surface area contributed by atoms with Crippen LogP contribution in [0.4, 0.5) is 0 Å². The first-order valence-corrected chi connectivity index (χ1v) is 15.3. The number of aryl methyl sites for hydroxylation is 1. The van der Waals surface area contributed by atoms with Crippen LogP contribution in [0.5, 0.6) is 0 Å². The van der Waals surface area contributed by atoms with E-state index in [4.69, 9.17) is 10.3 Å². The van der Waals surface area contributed by atoms with E-state index in [0.717, 1.165) is 36.1 Å². The van der Waals surface area contributed by atoms with Gasteiger partial charge in [0.05, 0.1) is 24.0 Å². The van der Waals surface area contributed by atoms with E-state index in [2.05, 4.69) is 28.2 Å². The molecule has 1 aliphatic heterocycles. The normalized spacial score (nSPS) is 21.5. The van der Waals surface area contributed by atoms with Gasteiger partial charge in [-0.15, -0.1) is 0 Å². The summed E-state index contributed by atoms with van der Waals surface area (Å²) in [6.07, 6.45) is 9.19. The fourth-order valence-electron chi connectivity index (χ4n) is 7.07. The van der Waals surface area contributed by atoms with Gasteiger partial charge in [0, 0.05) is 25.6 Å². The van der Waals surface area contributed by atoms with Gasteiger partial charge in [0.15, 0.2) is 0 Å². The summed E-state index contributed by atoms with van der Waals surface area (Å²) in [7, 11) is 0. The monoisotopic (exact) mass is 595 g/mol. The number of benzene rings is 1. The van der Waals surface area contributed by atoms with Gasteiger partial charge in [-0.2, -0.15) is 5.10 Å². The number of likely N-dealkylation sites (tertiary alicyclic amines) is 1. The lowest BCUT2D eigenvalue weighted by Gasteiger charge is -2.38. The molecule has 2 unspecified atom stereocenters. The lowest BCUT2D eigenvalue weighted by Crippen LogP contribution is -2.50. The maximum atomic E-state index is 13.5. The van der Waals surface area contributed by atoms with Gasteiger partial charge in [-0.1, -0.05) is 54.1 Å². The van der Waals surface area contributed by atoms with Gasteiger partial charge >= 0.3 is 0 Å². The molecular formula is C33H37N7O4. The van der Waals surface area contributed by atoms with Crippen molar-refractivity contribution in [2.45, 2.75) is 70.6 Å². The largest absolute Gasteiger partial charge is 0.388 e. The Labute approximate surface area is 254 Å². The van der Waals surface area contributed by atoms with E-state index in [9.17, 15) is 14.7 Å². The van der Waals surface area contributed by atoms with Crippen LogP contribution >= 0.6 is 0 Å². The van der Waals surface area contributed by atoms with Gasteiger partial charge < -0.3 is 20.3 Å². The Balaban J connectivity index is 1.05. The second kappa shape index (κ2) is 11.0. The lowest BCUT2D eigenvalue weighted by atomic mass is 9.84. The number of fused-ring (bicyclic) bond motifs is 1. The van der Waals surface area contributed by atoms with Crippen molar-refractivity contribution < 1.29 is 14.4 Å². The topological polar surface area (TPSA) is 145 Å². The van der Waals surface area contributed by atoms with Crippen LogP contribution in [0, 0.1) is 12.8 Å². The van der Waals surface area contributed by atoms with E-state index in [0.29, 0.717) is 55.3 Å². The van der Waals surface area contributed by atoms with Crippen molar-refractivity contribution in [3.8, 4) is 0 Å². The molecule has 1 fully saturated rings. The molecule has 4 aromatic rings. The standard InChI is InChI=1S/C33H37N7O4/c1-20-12-24(14-23-15-25(34)16-26(20)23)28-17-35-30-32(42)39(19-36-40(28)30)18-33(43)8-10-38(11-9-33)31(41)29-21(2)44-37-27(29)13-22-6-4-3-5-7-22/h3-7,14,17,19-20,25,43H,8-13,15-16,18,34H2,1-2H3. The third-order valence-corrected chi connectivity index (χ3v) is 9.48. The minimum absolute atomic E-state index is 0.0684. The number of hydrogen-bond donors (Lipinski definition) is 2. The number of nitrogens with two attached hydrogens (primary N) is 1. The number of amides is 1. The Bertz CT molecular complexity index is 1860. The molecule has 11 heteroatoms. The van der Waals surface area contributed by atoms with Crippen molar-refractivity contribution in [1.29, 1.82) is 0 Å². The predicted molar refractivity (Wildman–Crippen MR) is 164 cm³/mol. The molecule has 0 spiro atoms. The molecule has 3 aromatic heterocycles. The van der Waals surface area contributed by atoms with Crippen LogP contribution < -0.4 is 11.3 Å². The number of imidazole rings is 1. The molecule has 0 saturated carbocycles. The molecule has 228 valence electrons. The van der Waals surface area contributed by atoms with Crippen LogP contribution in [0.2, 0.25) is 0 Å². The quantitative estimate of drug-likeness (QED) is 0.346. The van der Waals surface area contributed by atoms with Crippen molar-refractivity contribution in [3.63, 3.8) is 0 Å². The lowest BCUT2D eigenvalue weighted by molar-refractivity contribution is -0.0301. The summed E-state index contributed by atoms with van der Waals surface area (Å²) in [5, 5.41) is 20.2. The van der Waals surface area contributed by atoms with Crippen LogP contribution in [0.25, 0.3) is 11.2 Å². The summed E-state index contributed by atoms with van der Waals surface area (Å²) in [4.78, 5) is 33.2. The van der Waals surface area contributed by atoms with Crippen LogP contribution in [0.15, 0.2) is 69.4 Å². The summed E-state index contributed by atoms with van der Waals surface area (Å²) in [5.74, 6) is 0.713. The van der Waals surface area contributed by atoms with Crippen LogP contribution in [0.3, 0.4) is 0 Å². The van der Waals surface area contributed by atoms with Gasteiger partial charge in [-0.3, -0.25) is 14.2 Å². The average molecular weight is 596 g/mol. The number of carbonyl (C=O) groups is 1. The number of rotatable bonds is 6. The van der Waals surface area contributed by atoms with Gasteiger partial charge in [0.25, 0.3) is 11.5 Å². The van der Waals surface area contributed by atoms with Crippen molar-refractivity contribution in [2.24, 2.45) is 11.7 Å². The second-order valence-corrected chi connectivity index (χ2v) is 12.7. The fourth-order valence-corrected chi connectivity index (χ4v) is 7.07. The molecule has 44 heavy (non-hydrogen) atoms. The third-order valence-electron chi connectivity index (χ3n) is 9.48. The highest BCUT2D eigenvalue weighted by Crippen LogP contribution is 2.41. The molecule has 0 radical (unpaired) electrons. The van der Waals surface area contributed by atoms with Crippen LogP contribution in [-0.4, -0.2) is 65.0 Å². The minimum atomic E-state index is -1.17. The fraction of sp³-hybridized carbons (Fsp3) is 0.424. The number of aromatic nitrogens is 5. The molecule has 0 bridgehead atoms. The smallest absolute Gasteiger partial charge is 0.296 e. The molecule has 11 nitrogen and oxygen atoms in total. The van der Waals surface area contributed by atoms with Crippen molar-refractivity contribution in [1.82, 2.24) is 29.2 Å². The zero-order valence-corrected chi connectivity index (χ0v) is 25.1. The molecule has 1 aromatic carbocycles. The maximum Gasteiger partial charge on any atom is 0.296 e. The summed E-state index contributed by atoms with van der Waals surface area (Å²) < 4.78 is 8.45. The number of aliphatic hydroxyl groups is 1. The number of allylic oxidation sites excluding steroid dienone is 2. The van der Waals surface area contributed by atoms with Gasteiger partial charge in [-0.25, -0.2) is 9.50 Å². The zero-order chi connectivity index (χ0) is 30.6. The highest BCUT2D eigenvalue weighted by molar-refractivity contribution is 5.96. The SMILES string of the molecule is Cc1onc(Cc2ccccc2)c1C(=O)N1CCC(O)(Cn2cnn3c(C4=CC5=C(CC(N)C5)C(C)C4)cnc3c2=O)CC1. The third kappa shape index (κ3) is 5.09. The second-order valence-electron chi connectivity index (χ2n) is 12.7. The van der Waals surface area contributed by atoms with Gasteiger partial charge in [-0.05, 0) is 61.7 Å². The maximum absolute atomic E-state index is 13.5. The van der Waals surface area contributed by atoms with Gasteiger partial charge in [0.1, 0.15) is 23.3 Å². The Hall–Kier alpha value is -4.35. The highest BCUT2D eigenvalue weighted by atomic mass is 16.5. The molecule has 1 saturated heterocycles. The van der Waals surface area contributed by atoms with Crippen molar-refractivity contribution in [2.75, 3.05) is 13.1 Å². The Morgan fingerprint density at radius 2 is 1.93 bits per heavy atom. The van der Waals surface area contributed by atoms with E-state index < -0.39 is 5.60 Å². The zero-order valence-electron chi connectivity index (χ0n) is 25.1. The Morgan fingerprint density at radius 1 is 1.16 bits per heavy atom. The predicted octanol–water partition coefficient (Wildman–Crippen LogP) is 3.29. The number of nitrogens with zero attached hydrogens (tertiary/aromatic N) is 6. The molecule has 3 aliphatic rings. The molecule has 4 heterocycles. The minimum Gasteiger partial charge on any atom is -0.388 e. The highest BCUT2D eigenvalue weighted by Gasteiger charge is 2.37. The first-order chi connectivity index (χ1) is 21.2. The van der Waals surface area contributed by atoms with E-state index in [1.165, 1.54) is 22.0 Å². The molecule has 1 amide bonds. The van der Waals surface area contributed by atoms with Crippen molar-refractivity contribution >= 4 is 17.1 Å². The van der Waals surface area contributed by atoms with Gasteiger partial charge in [0.2, 0.25) is 5.65 Å². The number of carbonyl (C=O) groups excluding carboxylic acids is 1. The van der Waals surface area contributed by atoms with E-state index >= 15 is 0 Å². The van der Waals surface area contributed by atoms with Crippen LogP contribution in [-0.2, 0) is 13.0 Å². The first kappa shape index (κ1) is 28.4. The van der Waals surface area contributed by atoms with E-state index in [1.807, 2.05) is 30.3 Å². The van der Waals surface area contributed by atoms with Crippen LogP contribution in [0.1, 0.15) is 72.1 Å². The summed E-state index contributed by atoms with van der Waals surface area (Å²) in [5.41, 5.74) is 11.8. The summed E-state index contributed by atoms with van der Waals surface area (Å²) in [6.45, 7) is 4.72. The molecule has 3 N–H and O–H groups in total. The van der Waals surface area contributed by atoms with Crippen molar-refractivity contribution in [3.05, 3.63) is 98.7 Å². The van der Waals surface area contributed by atoms with E-state index in [1.54, 1.807) is 22.5 Å². The molecule has 2 aliphatic carbocycles. The summed E-state index contributed by atoms with van der Waals surface area (Å²) in [6, 6.07) is 10.0.